The minimum atomic E-state index is 0.124. The van der Waals surface area contributed by atoms with Crippen LogP contribution in [-0.2, 0) is 4.79 Å². The average molecular weight is 280 g/mol. The average Bonchev–Trinajstić information content (AvgIpc) is 3.09. The third-order valence-electron chi connectivity index (χ3n) is 3.75. The van der Waals surface area contributed by atoms with Crippen LogP contribution in [0.25, 0.3) is 0 Å². The van der Waals surface area contributed by atoms with Crippen LogP contribution in [0.2, 0.25) is 0 Å². The van der Waals surface area contributed by atoms with Gasteiger partial charge in [-0.2, -0.15) is 0 Å². The maximum absolute atomic E-state index is 12.0. The molecule has 0 saturated heterocycles. The molecule has 2 N–H and O–H groups in total. The Hall–Kier alpha value is -0.870. The second kappa shape index (κ2) is 7.65. The SMILES string of the molecule is CCCNCC(=O)NC(c1cccs1)C1CCCC1. The van der Waals surface area contributed by atoms with Crippen LogP contribution in [0.4, 0.5) is 0 Å². The van der Waals surface area contributed by atoms with E-state index in [9.17, 15) is 4.79 Å². The molecule has 1 amide bonds. The lowest BCUT2D eigenvalue weighted by atomic mass is 9.96. The van der Waals surface area contributed by atoms with Gasteiger partial charge < -0.3 is 10.6 Å². The molecule has 1 saturated carbocycles. The van der Waals surface area contributed by atoms with Crippen molar-refractivity contribution >= 4 is 17.2 Å². The van der Waals surface area contributed by atoms with Gasteiger partial charge in [0.1, 0.15) is 0 Å². The number of hydrogen-bond donors (Lipinski definition) is 2. The van der Waals surface area contributed by atoms with E-state index in [0.717, 1.165) is 13.0 Å². The summed E-state index contributed by atoms with van der Waals surface area (Å²) in [6.45, 7) is 3.45. The van der Waals surface area contributed by atoms with Crippen molar-refractivity contribution < 1.29 is 4.79 Å². The summed E-state index contributed by atoms with van der Waals surface area (Å²) in [7, 11) is 0. The van der Waals surface area contributed by atoms with Crippen molar-refractivity contribution in [3.8, 4) is 0 Å². The molecule has 1 aromatic heterocycles. The highest BCUT2D eigenvalue weighted by molar-refractivity contribution is 7.10. The Kier molecular flexibility index (Phi) is 5.86. The summed E-state index contributed by atoms with van der Waals surface area (Å²) in [4.78, 5) is 13.3. The number of carbonyl (C=O) groups excluding carboxylic acids is 1. The number of thiophene rings is 1. The van der Waals surface area contributed by atoms with E-state index in [0.29, 0.717) is 12.5 Å². The van der Waals surface area contributed by atoms with Crippen molar-refractivity contribution in [3.05, 3.63) is 22.4 Å². The third-order valence-corrected chi connectivity index (χ3v) is 4.71. The highest BCUT2D eigenvalue weighted by Crippen LogP contribution is 2.37. The topological polar surface area (TPSA) is 41.1 Å². The summed E-state index contributed by atoms with van der Waals surface area (Å²) in [5.41, 5.74) is 0. The van der Waals surface area contributed by atoms with E-state index in [4.69, 9.17) is 0 Å². The lowest BCUT2D eigenvalue weighted by Gasteiger charge is -2.24. The molecular weight excluding hydrogens is 256 g/mol. The normalized spacial score (nSPS) is 17.5. The summed E-state index contributed by atoms with van der Waals surface area (Å²) in [5, 5.41) is 8.49. The van der Waals surface area contributed by atoms with Gasteiger partial charge in [-0.15, -0.1) is 11.3 Å². The summed E-state index contributed by atoms with van der Waals surface area (Å²) in [6.07, 6.45) is 6.15. The fourth-order valence-corrected chi connectivity index (χ4v) is 3.65. The molecule has 1 fully saturated rings. The summed E-state index contributed by atoms with van der Waals surface area (Å²) < 4.78 is 0. The van der Waals surface area contributed by atoms with Crippen LogP contribution < -0.4 is 10.6 Å². The van der Waals surface area contributed by atoms with Crippen LogP contribution in [0.1, 0.15) is 49.9 Å². The second-order valence-electron chi connectivity index (χ2n) is 5.28. The zero-order chi connectivity index (χ0) is 13.5. The molecule has 0 spiro atoms. The number of nitrogens with one attached hydrogen (secondary N) is 2. The number of rotatable bonds is 7. The van der Waals surface area contributed by atoms with Crippen molar-refractivity contribution in [1.29, 1.82) is 0 Å². The predicted molar refractivity (Wildman–Crippen MR) is 80.3 cm³/mol. The first-order valence-corrected chi connectivity index (χ1v) is 8.22. The number of hydrogen-bond acceptors (Lipinski definition) is 3. The van der Waals surface area contributed by atoms with Gasteiger partial charge in [-0.1, -0.05) is 25.8 Å². The van der Waals surface area contributed by atoms with E-state index >= 15 is 0 Å². The van der Waals surface area contributed by atoms with Crippen molar-refractivity contribution in [2.75, 3.05) is 13.1 Å². The molecule has 0 aromatic carbocycles. The predicted octanol–water partition coefficient (Wildman–Crippen LogP) is 3.10. The molecule has 0 bridgehead atoms. The van der Waals surface area contributed by atoms with E-state index < -0.39 is 0 Å². The quantitative estimate of drug-likeness (QED) is 0.754. The smallest absolute Gasteiger partial charge is 0.234 e. The first kappa shape index (κ1) is 14.5. The Morgan fingerprint density at radius 2 is 2.26 bits per heavy atom. The van der Waals surface area contributed by atoms with Crippen LogP contribution in [0, 0.1) is 5.92 Å². The maximum Gasteiger partial charge on any atom is 0.234 e. The van der Waals surface area contributed by atoms with E-state index in [-0.39, 0.29) is 11.9 Å². The molecule has 1 atom stereocenters. The molecule has 1 heterocycles. The van der Waals surface area contributed by atoms with Gasteiger partial charge in [0, 0.05) is 4.88 Å². The Bertz CT molecular complexity index is 372. The molecule has 1 aromatic rings. The van der Waals surface area contributed by atoms with Gasteiger partial charge in [0.15, 0.2) is 0 Å². The monoisotopic (exact) mass is 280 g/mol. The zero-order valence-corrected chi connectivity index (χ0v) is 12.5. The minimum Gasteiger partial charge on any atom is -0.347 e. The van der Waals surface area contributed by atoms with E-state index in [1.807, 2.05) is 0 Å². The summed E-state index contributed by atoms with van der Waals surface area (Å²) in [6, 6.07) is 4.44. The first-order chi connectivity index (χ1) is 9.31. The van der Waals surface area contributed by atoms with Gasteiger partial charge in [0.05, 0.1) is 12.6 Å². The standard InChI is InChI=1S/C15H24N2OS/c1-2-9-16-11-14(18)17-15(12-6-3-4-7-12)13-8-5-10-19-13/h5,8,10,12,15-16H,2-4,6-7,9,11H2,1H3,(H,17,18). The Labute approximate surface area is 119 Å². The molecule has 1 unspecified atom stereocenters. The van der Waals surface area contributed by atoms with Gasteiger partial charge in [-0.3, -0.25) is 4.79 Å². The van der Waals surface area contributed by atoms with E-state index in [2.05, 4.69) is 35.1 Å². The molecule has 3 nitrogen and oxygen atoms in total. The zero-order valence-electron chi connectivity index (χ0n) is 11.7. The maximum atomic E-state index is 12.0. The Morgan fingerprint density at radius 3 is 2.89 bits per heavy atom. The van der Waals surface area contributed by atoms with Crippen molar-refractivity contribution in [1.82, 2.24) is 10.6 Å². The molecule has 2 rings (SSSR count). The highest BCUT2D eigenvalue weighted by Gasteiger charge is 2.28. The summed E-state index contributed by atoms with van der Waals surface area (Å²) >= 11 is 1.75. The number of amides is 1. The largest absolute Gasteiger partial charge is 0.347 e. The molecule has 4 heteroatoms. The fraction of sp³-hybridized carbons (Fsp3) is 0.667. The van der Waals surface area contributed by atoms with Gasteiger partial charge in [-0.05, 0) is 43.2 Å². The van der Waals surface area contributed by atoms with Crippen molar-refractivity contribution in [2.45, 2.75) is 45.1 Å². The Morgan fingerprint density at radius 1 is 1.47 bits per heavy atom. The van der Waals surface area contributed by atoms with Crippen LogP contribution in [0.3, 0.4) is 0 Å². The second-order valence-corrected chi connectivity index (χ2v) is 6.26. The molecule has 0 radical (unpaired) electrons. The van der Waals surface area contributed by atoms with Gasteiger partial charge in [0.2, 0.25) is 5.91 Å². The lowest BCUT2D eigenvalue weighted by Crippen LogP contribution is -2.38. The molecule has 1 aliphatic carbocycles. The molecule has 106 valence electrons. The van der Waals surface area contributed by atoms with E-state index in [1.165, 1.54) is 30.6 Å². The van der Waals surface area contributed by atoms with Crippen molar-refractivity contribution in [3.63, 3.8) is 0 Å². The van der Waals surface area contributed by atoms with E-state index in [1.54, 1.807) is 11.3 Å². The molecule has 1 aliphatic rings. The summed E-state index contributed by atoms with van der Waals surface area (Å²) in [5.74, 6) is 0.743. The Balaban J connectivity index is 1.92. The van der Waals surface area contributed by atoms with Crippen LogP contribution in [0.15, 0.2) is 17.5 Å². The van der Waals surface area contributed by atoms with Gasteiger partial charge >= 0.3 is 0 Å². The third kappa shape index (κ3) is 4.32. The van der Waals surface area contributed by atoms with Crippen LogP contribution >= 0.6 is 11.3 Å². The van der Waals surface area contributed by atoms with Crippen LogP contribution in [-0.4, -0.2) is 19.0 Å². The molecule has 0 aliphatic heterocycles. The lowest BCUT2D eigenvalue weighted by molar-refractivity contribution is -0.121. The molecule has 19 heavy (non-hydrogen) atoms. The van der Waals surface area contributed by atoms with Gasteiger partial charge in [-0.25, -0.2) is 0 Å². The minimum absolute atomic E-state index is 0.124. The highest BCUT2D eigenvalue weighted by atomic mass is 32.1. The fourth-order valence-electron chi connectivity index (χ4n) is 2.78. The molecular formula is C15H24N2OS. The number of carbonyl (C=O) groups is 1. The van der Waals surface area contributed by atoms with Crippen molar-refractivity contribution in [2.24, 2.45) is 5.92 Å². The van der Waals surface area contributed by atoms with Gasteiger partial charge in [0.25, 0.3) is 0 Å². The van der Waals surface area contributed by atoms with Crippen LogP contribution in [0.5, 0.6) is 0 Å². The first-order valence-electron chi connectivity index (χ1n) is 7.34.